The van der Waals surface area contributed by atoms with Gasteiger partial charge in [0.05, 0.1) is 5.75 Å². The lowest BCUT2D eigenvalue weighted by molar-refractivity contribution is -0.113. The number of nitrogens with one attached hydrogen (secondary N) is 1. The molecule has 0 aliphatic heterocycles. The molecule has 10 heteroatoms. The van der Waals surface area contributed by atoms with Crippen molar-refractivity contribution in [1.82, 2.24) is 25.0 Å². The third-order valence-corrected chi connectivity index (χ3v) is 5.78. The highest BCUT2D eigenvalue weighted by Gasteiger charge is 2.15. The van der Waals surface area contributed by atoms with Gasteiger partial charge in [-0.25, -0.2) is 0 Å². The molecule has 0 saturated heterocycles. The van der Waals surface area contributed by atoms with Gasteiger partial charge in [0.1, 0.15) is 17.4 Å². The standard InChI is InChI=1S/C19H22N6O2S2/c1-5-8-25-16(10-27-15-7-6-12(2)13(3)9-15)22-24-19(25)28-11-17(26)20-18-23-21-14(4)29-18/h5-7,9H,1,8,10-11H2,2-4H3,(H,20,23,26). The summed E-state index contributed by atoms with van der Waals surface area (Å²) in [7, 11) is 0. The van der Waals surface area contributed by atoms with Gasteiger partial charge in [0.25, 0.3) is 0 Å². The molecule has 2 aromatic heterocycles. The average Bonchev–Trinajstić information content (AvgIpc) is 3.27. The molecular formula is C19H22N6O2S2. The Morgan fingerprint density at radius 1 is 1.24 bits per heavy atom. The van der Waals surface area contributed by atoms with Crippen molar-refractivity contribution >= 4 is 34.1 Å². The molecule has 1 amide bonds. The summed E-state index contributed by atoms with van der Waals surface area (Å²) in [5, 5.41) is 20.8. The van der Waals surface area contributed by atoms with Crippen LogP contribution in [-0.2, 0) is 17.9 Å². The highest BCUT2D eigenvalue weighted by molar-refractivity contribution is 7.99. The zero-order chi connectivity index (χ0) is 20.8. The molecule has 0 bridgehead atoms. The molecule has 1 aromatic carbocycles. The highest BCUT2D eigenvalue weighted by Crippen LogP contribution is 2.21. The second kappa shape index (κ2) is 9.66. The van der Waals surface area contributed by atoms with E-state index in [1.54, 1.807) is 6.08 Å². The number of nitrogens with zero attached hydrogens (tertiary/aromatic N) is 5. The molecule has 3 aromatic rings. The Morgan fingerprint density at radius 2 is 2.07 bits per heavy atom. The van der Waals surface area contributed by atoms with E-state index in [0.29, 0.717) is 22.7 Å². The molecule has 0 unspecified atom stereocenters. The number of anilines is 1. The van der Waals surface area contributed by atoms with Crippen LogP contribution in [0.25, 0.3) is 0 Å². The zero-order valence-electron chi connectivity index (χ0n) is 16.5. The molecule has 0 spiro atoms. The van der Waals surface area contributed by atoms with E-state index in [2.05, 4.69) is 39.2 Å². The van der Waals surface area contributed by atoms with Crippen LogP contribution in [-0.4, -0.2) is 36.6 Å². The monoisotopic (exact) mass is 430 g/mol. The minimum absolute atomic E-state index is 0.174. The van der Waals surface area contributed by atoms with Gasteiger partial charge in [-0.05, 0) is 44.0 Å². The quantitative estimate of drug-likeness (QED) is 0.410. The van der Waals surface area contributed by atoms with Crippen LogP contribution in [0.15, 0.2) is 36.0 Å². The van der Waals surface area contributed by atoms with E-state index < -0.39 is 0 Å². The Hall–Kier alpha value is -2.72. The number of aryl methyl sites for hydroxylation is 3. The number of aromatic nitrogens is 5. The molecular weight excluding hydrogens is 408 g/mol. The molecule has 0 aliphatic carbocycles. The van der Waals surface area contributed by atoms with E-state index in [0.717, 1.165) is 10.8 Å². The largest absolute Gasteiger partial charge is 0.486 e. The molecule has 0 aliphatic rings. The summed E-state index contributed by atoms with van der Waals surface area (Å²) in [6, 6.07) is 5.96. The first-order valence-corrected chi connectivity index (χ1v) is 10.7. The van der Waals surface area contributed by atoms with E-state index in [9.17, 15) is 4.79 Å². The Bertz CT molecular complexity index is 1010. The van der Waals surface area contributed by atoms with E-state index in [4.69, 9.17) is 4.74 Å². The SMILES string of the molecule is C=CCn1c(COc2ccc(C)c(C)c2)nnc1SCC(=O)Nc1nnc(C)s1. The van der Waals surface area contributed by atoms with E-state index in [1.807, 2.05) is 36.6 Å². The number of hydrogen-bond acceptors (Lipinski definition) is 8. The fourth-order valence-corrected chi connectivity index (χ4v) is 3.80. The summed E-state index contributed by atoms with van der Waals surface area (Å²) in [6.45, 7) is 10.5. The molecule has 29 heavy (non-hydrogen) atoms. The molecule has 0 fully saturated rings. The van der Waals surface area contributed by atoms with E-state index in [-0.39, 0.29) is 18.3 Å². The Kier molecular flexibility index (Phi) is 6.99. The first-order chi connectivity index (χ1) is 14.0. The second-order valence-electron chi connectivity index (χ2n) is 6.30. The highest BCUT2D eigenvalue weighted by atomic mass is 32.2. The van der Waals surface area contributed by atoms with E-state index in [1.165, 1.54) is 34.2 Å². The molecule has 0 radical (unpaired) electrons. The third kappa shape index (κ3) is 5.64. The van der Waals surface area contributed by atoms with Crippen LogP contribution in [0.2, 0.25) is 0 Å². The number of amides is 1. The van der Waals surface area contributed by atoms with Crippen molar-refractivity contribution in [2.45, 2.75) is 39.1 Å². The van der Waals surface area contributed by atoms with Crippen LogP contribution in [0.3, 0.4) is 0 Å². The summed E-state index contributed by atoms with van der Waals surface area (Å²) in [5.74, 6) is 1.46. The lowest BCUT2D eigenvalue weighted by atomic mass is 10.1. The van der Waals surface area contributed by atoms with Crippen molar-refractivity contribution < 1.29 is 9.53 Å². The topological polar surface area (TPSA) is 94.8 Å². The van der Waals surface area contributed by atoms with Crippen LogP contribution in [0.4, 0.5) is 5.13 Å². The van der Waals surface area contributed by atoms with Crippen LogP contribution in [0.5, 0.6) is 5.75 Å². The number of benzene rings is 1. The number of carbonyl (C=O) groups is 1. The average molecular weight is 431 g/mol. The maximum atomic E-state index is 12.1. The molecule has 0 saturated carbocycles. The lowest BCUT2D eigenvalue weighted by Crippen LogP contribution is -2.15. The minimum Gasteiger partial charge on any atom is -0.486 e. The first kappa shape index (κ1) is 21.0. The van der Waals surface area contributed by atoms with Gasteiger partial charge in [-0.1, -0.05) is 35.2 Å². The first-order valence-electron chi connectivity index (χ1n) is 8.92. The van der Waals surface area contributed by atoms with Crippen molar-refractivity contribution in [2.24, 2.45) is 0 Å². The fourth-order valence-electron chi connectivity index (χ4n) is 2.43. The third-order valence-electron chi connectivity index (χ3n) is 4.06. The summed E-state index contributed by atoms with van der Waals surface area (Å²) in [4.78, 5) is 12.1. The van der Waals surface area contributed by atoms with Gasteiger partial charge < -0.3 is 4.74 Å². The van der Waals surface area contributed by atoms with Gasteiger partial charge in [0.2, 0.25) is 11.0 Å². The van der Waals surface area contributed by atoms with Crippen LogP contribution in [0.1, 0.15) is 22.0 Å². The predicted molar refractivity (Wildman–Crippen MR) is 114 cm³/mol. The maximum Gasteiger partial charge on any atom is 0.236 e. The number of ether oxygens (including phenoxy) is 1. The van der Waals surface area contributed by atoms with Crippen LogP contribution < -0.4 is 10.1 Å². The number of rotatable bonds is 9. The van der Waals surface area contributed by atoms with Crippen molar-refractivity contribution in [3.63, 3.8) is 0 Å². The molecule has 3 rings (SSSR count). The normalized spacial score (nSPS) is 10.7. The molecule has 152 valence electrons. The number of carbonyl (C=O) groups excluding carboxylic acids is 1. The van der Waals surface area contributed by atoms with Gasteiger partial charge in [-0.15, -0.1) is 27.0 Å². The van der Waals surface area contributed by atoms with Crippen molar-refractivity contribution in [3.05, 3.63) is 52.8 Å². The Labute approximate surface area is 177 Å². The summed E-state index contributed by atoms with van der Waals surface area (Å²) < 4.78 is 7.77. The summed E-state index contributed by atoms with van der Waals surface area (Å²) in [5.41, 5.74) is 2.38. The van der Waals surface area contributed by atoms with Gasteiger partial charge >= 0.3 is 0 Å². The van der Waals surface area contributed by atoms with Crippen molar-refractivity contribution in [1.29, 1.82) is 0 Å². The number of thioether (sulfide) groups is 1. The lowest BCUT2D eigenvalue weighted by Gasteiger charge is -2.10. The van der Waals surface area contributed by atoms with Gasteiger partial charge in [-0.2, -0.15) is 0 Å². The zero-order valence-corrected chi connectivity index (χ0v) is 18.1. The minimum atomic E-state index is -0.174. The van der Waals surface area contributed by atoms with Crippen LogP contribution >= 0.6 is 23.1 Å². The fraction of sp³-hybridized carbons (Fsp3) is 0.316. The predicted octanol–water partition coefficient (Wildman–Crippen LogP) is 3.55. The molecule has 2 heterocycles. The van der Waals surface area contributed by atoms with E-state index >= 15 is 0 Å². The van der Waals surface area contributed by atoms with Crippen molar-refractivity contribution in [3.8, 4) is 5.75 Å². The summed E-state index contributed by atoms with van der Waals surface area (Å²) >= 11 is 2.63. The van der Waals surface area contributed by atoms with Gasteiger partial charge in [-0.3, -0.25) is 14.7 Å². The molecule has 8 nitrogen and oxygen atoms in total. The Morgan fingerprint density at radius 3 is 2.76 bits per heavy atom. The van der Waals surface area contributed by atoms with Gasteiger partial charge in [0.15, 0.2) is 11.0 Å². The van der Waals surface area contributed by atoms with Crippen LogP contribution in [0, 0.1) is 20.8 Å². The molecule has 0 atom stereocenters. The van der Waals surface area contributed by atoms with Gasteiger partial charge in [0, 0.05) is 6.54 Å². The van der Waals surface area contributed by atoms with Crippen molar-refractivity contribution in [2.75, 3.05) is 11.1 Å². The Balaban J connectivity index is 1.62. The smallest absolute Gasteiger partial charge is 0.236 e. The molecule has 1 N–H and O–H groups in total. The summed E-state index contributed by atoms with van der Waals surface area (Å²) in [6.07, 6.45) is 1.76. The maximum absolute atomic E-state index is 12.1. The number of allylic oxidation sites excluding steroid dienone is 1. The second-order valence-corrected chi connectivity index (χ2v) is 8.42. The number of hydrogen-bond donors (Lipinski definition) is 1.